The molecular weight excluding hydrogens is 226 g/mol. The molecule has 0 spiro atoms. The summed E-state index contributed by atoms with van der Waals surface area (Å²) in [7, 11) is 0. The molecule has 2 N–H and O–H groups in total. The first-order chi connectivity index (χ1) is 8.77. The minimum Gasteiger partial charge on any atom is -0.493 e. The normalized spacial score (nSPS) is 20.0. The van der Waals surface area contributed by atoms with E-state index in [1.807, 2.05) is 37.6 Å². The van der Waals surface area contributed by atoms with Crippen LogP contribution < -0.4 is 10.5 Å². The predicted octanol–water partition coefficient (Wildman–Crippen LogP) is 2.27. The molecule has 3 rings (SSSR count). The second kappa shape index (κ2) is 4.46. The molecule has 2 atom stereocenters. The monoisotopic (exact) mass is 243 g/mol. The predicted molar refractivity (Wildman–Crippen MR) is 69.5 cm³/mol. The Bertz CT molecular complexity index is 547. The number of aromatic nitrogens is 2. The summed E-state index contributed by atoms with van der Waals surface area (Å²) in [5.41, 5.74) is 8.27. The van der Waals surface area contributed by atoms with Crippen molar-refractivity contribution in [2.75, 3.05) is 6.61 Å². The van der Waals surface area contributed by atoms with Gasteiger partial charge in [-0.3, -0.25) is 0 Å². The molecule has 0 bridgehead atoms. The Morgan fingerprint density at radius 1 is 1.44 bits per heavy atom. The number of fused-ring (bicyclic) bond motifs is 1. The van der Waals surface area contributed by atoms with Gasteiger partial charge in [-0.1, -0.05) is 18.2 Å². The number of para-hydroxylation sites is 1. The van der Waals surface area contributed by atoms with Gasteiger partial charge in [0.2, 0.25) is 0 Å². The molecule has 18 heavy (non-hydrogen) atoms. The maximum atomic E-state index is 5.99. The van der Waals surface area contributed by atoms with Crippen molar-refractivity contribution in [2.45, 2.75) is 25.4 Å². The van der Waals surface area contributed by atoms with Crippen molar-refractivity contribution in [2.24, 2.45) is 5.73 Å². The van der Waals surface area contributed by atoms with Crippen molar-refractivity contribution in [1.82, 2.24) is 9.55 Å². The fraction of sp³-hybridized carbons (Fsp3) is 0.357. The lowest BCUT2D eigenvalue weighted by molar-refractivity contribution is 0.254. The third kappa shape index (κ3) is 1.78. The molecule has 0 aliphatic carbocycles. The second-order valence-corrected chi connectivity index (χ2v) is 4.71. The fourth-order valence-electron chi connectivity index (χ4n) is 2.54. The zero-order valence-corrected chi connectivity index (χ0v) is 10.4. The van der Waals surface area contributed by atoms with Crippen LogP contribution in [0.1, 0.15) is 36.7 Å². The Morgan fingerprint density at radius 2 is 2.28 bits per heavy atom. The fourth-order valence-corrected chi connectivity index (χ4v) is 2.54. The Kier molecular flexibility index (Phi) is 2.80. The van der Waals surface area contributed by atoms with Gasteiger partial charge in [0, 0.05) is 24.2 Å². The lowest BCUT2D eigenvalue weighted by Crippen LogP contribution is -2.23. The van der Waals surface area contributed by atoms with Gasteiger partial charge in [-0.25, -0.2) is 4.98 Å². The van der Waals surface area contributed by atoms with Gasteiger partial charge in [-0.15, -0.1) is 0 Å². The third-order valence-corrected chi connectivity index (χ3v) is 3.43. The zero-order chi connectivity index (χ0) is 12.5. The van der Waals surface area contributed by atoms with Crippen LogP contribution in [-0.4, -0.2) is 16.2 Å². The molecule has 1 aromatic carbocycles. The maximum Gasteiger partial charge on any atom is 0.124 e. The van der Waals surface area contributed by atoms with E-state index in [4.69, 9.17) is 10.5 Å². The number of hydrogen-bond donors (Lipinski definition) is 1. The quantitative estimate of drug-likeness (QED) is 0.880. The van der Waals surface area contributed by atoms with Crippen LogP contribution in [0.2, 0.25) is 0 Å². The maximum absolute atomic E-state index is 5.99. The van der Waals surface area contributed by atoms with Crippen LogP contribution in [0.3, 0.4) is 0 Å². The average molecular weight is 243 g/mol. The molecule has 0 saturated carbocycles. The zero-order valence-electron chi connectivity index (χ0n) is 10.4. The van der Waals surface area contributed by atoms with Crippen LogP contribution >= 0.6 is 0 Å². The van der Waals surface area contributed by atoms with Crippen molar-refractivity contribution in [1.29, 1.82) is 0 Å². The molecule has 1 unspecified atom stereocenters. The van der Waals surface area contributed by atoms with Gasteiger partial charge in [0.15, 0.2) is 0 Å². The first kappa shape index (κ1) is 11.3. The summed E-state index contributed by atoms with van der Waals surface area (Å²) >= 11 is 0. The molecule has 2 aromatic rings. The van der Waals surface area contributed by atoms with E-state index in [2.05, 4.69) is 15.6 Å². The van der Waals surface area contributed by atoms with E-state index in [1.165, 1.54) is 5.56 Å². The average Bonchev–Trinajstić information content (AvgIpc) is 2.87. The van der Waals surface area contributed by atoms with Crippen molar-refractivity contribution in [3.63, 3.8) is 0 Å². The van der Waals surface area contributed by atoms with Crippen LogP contribution in [0.4, 0.5) is 0 Å². The van der Waals surface area contributed by atoms with E-state index in [-0.39, 0.29) is 12.1 Å². The molecule has 4 nitrogen and oxygen atoms in total. The standard InChI is InChI=1S/C14H17N3O/c1-10(15)13-8-16-9-17(13)12-6-7-18-14-5-3-2-4-11(12)14/h2-5,8-10,12H,6-7,15H2,1H3/t10-,12?/m0/s1. The number of rotatable bonds is 2. The lowest BCUT2D eigenvalue weighted by Gasteiger charge is -2.28. The summed E-state index contributed by atoms with van der Waals surface area (Å²) in [5.74, 6) is 0.970. The summed E-state index contributed by atoms with van der Waals surface area (Å²) in [6.45, 7) is 2.72. The Hall–Kier alpha value is -1.81. The minimum atomic E-state index is -0.0116. The van der Waals surface area contributed by atoms with E-state index >= 15 is 0 Å². The molecule has 1 aromatic heterocycles. The van der Waals surface area contributed by atoms with Gasteiger partial charge in [-0.05, 0) is 13.0 Å². The van der Waals surface area contributed by atoms with E-state index < -0.39 is 0 Å². The van der Waals surface area contributed by atoms with Crippen molar-refractivity contribution < 1.29 is 4.74 Å². The molecular formula is C14H17N3O. The number of hydrogen-bond acceptors (Lipinski definition) is 3. The molecule has 94 valence electrons. The molecule has 0 radical (unpaired) electrons. The smallest absolute Gasteiger partial charge is 0.124 e. The first-order valence-corrected chi connectivity index (χ1v) is 6.26. The van der Waals surface area contributed by atoms with Crippen LogP contribution in [0.5, 0.6) is 5.75 Å². The summed E-state index contributed by atoms with van der Waals surface area (Å²) < 4.78 is 7.86. The number of nitrogens with zero attached hydrogens (tertiary/aromatic N) is 2. The summed E-state index contributed by atoms with van der Waals surface area (Å²) in [4.78, 5) is 4.23. The molecule has 2 heterocycles. The number of imidazole rings is 1. The SMILES string of the molecule is C[C@H](N)c1cncn1C1CCOc2ccccc21. The topological polar surface area (TPSA) is 53.1 Å². The third-order valence-electron chi connectivity index (χ3n) is 3.43. The van der Waals surface area contributed by atoms with E-state index in [1.54, 1.807) is 0 Å². The van der Waals surface area contributed by atoms with Crippen LogP contribution in [-0.2, 0) is 0 Å². The van der Waals surface area contributed by atoms with Crippen molar-refractivity contribution in [3.05, 3.63) is 48.0 Å². The highest BCUT2D eigenvalue weighted by Gasteiger charge is 2.24. The molecule has 1 aliphatic heterocycles. The van der Waals surface area contributed by atoms with Gasteiger partial charge >= 0.3 is 0 Å². The Morgan fingerprint density at radius 3 is 3.11 bits per heavy atom. The highest BCUT2D eigenvalue weighted by molar-refractivity contribution is 5.38. The van der Waals surface area contributed by atoms with Crippen molar-refractivity contribution >= 4 is 0 Å². The number of nitrogens with two attached hydrogens (primary N) is 1. The van der Waals surface area contributed by atoms with Gasteiger partial charge in [0.1, 0.15) is 5.75 Å². The highest BCUT2D eigenvalue weighted by atomic mass is 16.5. The second-order valence-electron chi connectivity index (χ2n) is 4.71. The first-order valence-electron chi connectivity index (χ1n) is 6.26. The number of ether oxygens (including phenoxy) is 1. The molecule has 0 fully saturated rings. The summed E-state index contributed by atoms with van der Waals surface area (Å²) in [6.07, 6.45) is 4.67. The molecule has 0 amide bonds. The van der Waals surface area contributed by atoms with Crippen LogP contribution in [0.25, 0.3) is 0 Å². The molecule has 0 saturated heterocycles. The summed E-state index contributed by atoms with van der Waals surface area (Å²) in [5, 5.41) is 0. The van der Waals surface area contributed by atoms with E-state index in [0.29, 0.717) is 0 Å². The minimum absolute atomic E-state index is 0.0116. The van der Waals surface area contributed by atoms with Gasteiger partial charge in [0.25, 0.3) is 0 Å². The van der Waals surface area contributed by atoms with E-state index in [0.717, 1.165) is 24.5 Å². The highest BCUT2D eigenvalue weighted by Crippen LogP contribution is 2.35. The van der Waals surface area contributed by atoms with Crippen LogP contribution in [0.15, 0.2) is 36.8 Å². The lowest BCUT2D eigenvalue weighted by atomic mass is 10.00. The molecule has 1 aliphatic rings. The Labute approximate surface area is 106 Å². The van der Waals surface area contributed by atoms with E-state index in [9.17, 15) is 0 Å². The van der Waals surface area contributed by atoms with Crippen LogP contribution in [0, 0.1) is 0 Å². The van der Waals surface area contributed by atoms with Gasteiger partial charge in [-0.2, -0.15) is 0 Å². The van der Waals surface area contributed by atoms with Gasteiger partial charge in [0.05, 0.1) is 24.7 Å². The Balaban J connectivity index is 2.06. The van der Waals surface area contributed by atoms with Crippen molar-refractivity contribution in [3.8, 4) is 5.75 Å². The number of benzene rings is 1. The summed E-state index contributed by atoms with van der Waals surface area (Å²) in [6, 6.07) is 8.44. The molecule has 4 heteroatoms. The largest absolute Gasteiger partial charge is 0.493 e. The van der Waals surface area contributed by atoms with Gasteiger partial charge < -0.3 is 15.0 Å².